The second kappa shape index (κ2) is 7.69. The second-order valence-electron chi connectivity index (χ2n) is 6.52. The normalized spacial score (nSPS) is 15.7. The Morgan fingerprint density at radius 2 is 2.12 bits per heavy atom. The maximum atomic E-state index is 5.41. The first-order chi connectivity index (χ1) is 12.8. The van der Waals surface area contributed by atoms with Crippen LogP contribution < -0.4 is 5.32 Å². The molecule has 0 aliphatic carbocycles. The first-order valence-electron chi connectivity index (χ1n) is 9.17. The number of fused-ring (bicyclic) bond motifs is 2. The highest BCUT2D eigenvalue weighted by Gasteiger charge is 2.11. The molecule has 0 atom stereocenters. The molecule has 0 radical (unpaired) electrons. The Kier molecular flexibility index (Phi) is 5.14. The van der Waals surface area contributed by atoms with Gasteiger partial charge in [-0.1, -0.05) is 0 Å². The molecule has 1 aliphatic heterocycles. The van der Waals surface area contributed by atoms with E-state index in [4.69, 9.17) is 17.0 Å². The number of nitrogens with one attached hydrogen (secondary N) is 2. The smallest absolute Gasteiger partial charge is 0.178 e. The number of benzene rings is 1. The molecule has 4 rings (SSSR count). The number of imidazole rings is 1. The minimum absolute atomic E-state index is 0.741. The summed E-state index contributed by atoms with van der Waals surface area (Å²) in [6.45, 7) is 8.64. The van der Waals surface area contributed by atoms with Crippen molar-refractivity contribution in [2.75, 3.05) is 44.7 Å². The molecule has 3 aromatic rings. The minimum atomic E-state index is 0.741. The molecule has 0 unspecified atom stereocenters. The predicted octanol–water partition coefficient (Wildman–Crippen LogP) is 2.80. The zero-order valence-corrected chi connectivity index (χ0v) is 15.8. The molecule has 0 bridgehead atoms. The molecule has 2 N–H and O–H groups in total. The van der Waals surface area contributed by atoms with Crippen molar-refractivity contribution in [1.82, 2.24) is 24.4 Å². The van der Waals surface area contributed by atoms with Crippen LogP contribution in [0.4, 0.5) is 5.82 Å². The number of ether oxygens (including phenoxy) is 1. The number of morpholine rings is 1. The highest BCUT2D eigenvalue weighted by atomic mass is 32.1. The largest absolute Gasteiger partial charge is 0.379 e. The SMILES string of the molecule is CCn1c(=S)[nH]c2cc3c(NCCCN4CCOCC4)ncnc3cc21. The molecule has 1 aromatic carbocycles. The van der Waals surface area contributed by atoms with E-state index in [2.05, 4.69) is 48.8 Å². The van der Waals surface area contributed by atoms with Crippen LogP contribution in [0.25, 0.3) is 21.9 Å². The third-order valence-corrected chi connectivity index (χ3v) is 5.22. The second-order valence-corrected chi connectivity index (χ2v) is 6.90. The molecule has 3 heterocycles. The van der Waals surface area contributed by atoms with E-state index in [1.165, 1.54) is 0 Å². The summed E-state index contributed by atoms with van der Waals surface area (Å²) >= 11 is 5.41. The number of hydrogen-bond acceptors (Lipinski definition) is 6. The van der Waals surface area contributed by atoms with Gasteiger partial charge < -0.3 is 19.6 Å². The molecule has 0 saturated carbocycles. The summed E-state index contributed by atoms with van der Waals surface area (Å²) in [5.74, 6) is 0.877. The van der Waals surface area contributed by atoms with E-state index in [1.807, 2.05) is 0 Å². The summed E-state index contributed by atoms with van der Waals surface area (Å²) in [5.41, 5.74) is 3.04. The maximum absolute atomic E-state index is 5.41. The van der Waals surface area contributed by atoms with Gasteiger partial charge in [0.15, 0.2) is 4.77 Å². The summed E-state index contributed by atoms with van der Waals surface area (Å²) in [5, 5.41) is 4.49. The first-order valence-corrected chi connectivity index (χ1v) is 9.58. The van der Waals surface area contributed by atoms with Crippen LogP contribution in [-0.2, 0) is 11.3 Å². The fourth-order valence-electron chi connectivity index (χ4n) is 3.50. The van der Waals surface area contributed by atoms with Crippen molar-refractivity contribution in [3.05, 3.63) is 23.2 Å². The number of aromatic nitrogens is 4. The van der Waals surface area contributed by atoms with Gasteiger partial charge in [-0.2, -0.15) is 0 Å². The topological polar surface area (TPSA) is 71.0 Å². The van der Waals surface area contributed by atoms with E-state index in [1.54, 1.807) is 6.33 Å². The average molecular weight is 372 g/mol. The van der Waals surface area contributed by atoms with Crippen LogP contribution in [-0.4, -0.2) is 63.8 Å². The molecule has 7 nitrogen and oxygen atoms in total. The van der Waals surface area contributed by atoms with Gasteiger partial charge in [0.2, 0.25) is 0 Å². The van der Waals surface area contributed by atoms with Crippen LogP contribution in [0.5, 0.6) is 0 Å². The number of aromatic amines is 1. The number of H-pyrrole nitrogens is 1. The van der Waals surface area contributed by atoms with Crippen molar-refractivity contribution >= 4 is 40.0 Å². The lowest BCUT2D eigenvalue weighted by Gasteiger charge is -2.26. The Bertz CT molecular complexity index is 959. The average Bonchev–Trinajstić information content (AvgIpc) is 2.98. The van der Waals surface area contributed by atoms with Crippen LogP contribution in [0.2, 0.25) is 0 Å². The number of nitrogens with zero attached hydrogens (tertiary/aromatic N) is 4. The van der Waals surface area contributed by atoms with E-state index in [9.17, 15) is 0 Å². The Balaban J connectivity index is 1.51. The molecule has 1 aliphatic rings. The number of hydrogen-bond donors (Lipinski definition) is 2. The number of anilines is 1. The zero-order valence-electron chi connectivity index (χ0n) is 15.0. The maximum Gasteiger partial charge on any atom is 0.178 e. The van der Waals surface area contributed by atoms with Crippen LogP contribution in [0.1, 0.15) is 13.3 Å². The summed E-state index contributed by atoms with van der Waals surface area (Å²) < 4.78 is 8.22. The van der Waals surface area contributed by atoms with Gasteiger partial charge in [0, 0.05) is 31.6 Å². The molecule has 138 valence electrons. The third-order valence-electron chi connectivity index (χ3n) is 4.89. The highest BCUT2D eigenvalue weighted by Crippen LogP contribution is 2.25. The Morgan fingerprint density at radius 3 is 2.92 bits per heavy atom. The molecular formula is C18H24N6OS. The van der Waals surface area contributed by atoms with Gasteiger partial charge in [0.1, 0.15) is 12.1 Å². The zero-order chi connectivity index (χ0) is 17.9. The van der Waals surface area contributed by atoms with E-state index in [-0.39, 0.29) is 0 Å². The van der Waals surface area contributed by atoms with Crippen molar-refractivity contribution < 1.29 is 4.74 Å². The molecular weight excluding hydrogens is 348 g/mol. The van der Waals surface area contributed by atoms with Crippen LogP contribution in [0.3, 0.4) is 0 Å². The molecule has 26 heavy (non-hydrogen) atoms. The van der Waals surface area contributed by atoms with Gasteiger partial charge in [0.25, 0.3) is 0 Å². The molecule has 1 fully saturated rings. The lowest BCUT2D eigenvalue weighted by Crippen LogP contribution is -2.37. The van der Waals surface area contributed by atoms with Gasteiger partial charge in [-0.15, -0.1) is 0 Å². The van der Waals surface area contributed by atoms with Gasteiger partial charge in [0.05, 0.1) is 29.8 Å². The molecule has 1 saturated heterocycles. The van der Waals surface area contributed by atoms with Crippen LogP contribution in [0.15, 0.2) is 18.5 Å². The summed E-state index contributed by atoms with van der Waals surface area (Å²) in [6.07, 6.45) is 2.69. The van der Waals surface area contributed by atoms with Crippen molar-refractivity contribution in [2.24, 2.45) is 0 Å². The fraction of sp³-hybridized carbons (Fsp3) is 0.500. The van der Waals surface area contributed by atoms with Crippen molar-refractivity contribution in [3.63, 3.8) is 0 Å². The highest BCUT2D eigenvalue weighted by molar-refractivity contribution is 7.71. The van der Waals surface area contributed by atoms with Crippen LogP contribution >= 0.6 is 12.2 Å². The molecule has 0 amide bonds. The Hall–Kier alpha value is -2.03. The molecule has 2 aromatic heterocycles. The molecule has 0 spiro atoms. The van der Waals surface area contributed by atoms with E-state index < -0.39 is 0 Å². The van der Waals surface area contributed by atoms with Crippen molar-refractivity contribution in [3.8, 4) is 0 Å². The van der Waals surface area contributed by atoms with Gasteiger partial charge in [-0.05, 0) is 44.2 Å². The van der Waals surface area contributed by atoms with Crippen molar-refractivity contribution in [2.45, 2.75) is 19.9 Å². The Labute approximate surface area is 157 Å². The van der Waals surface area contributed by atoms with E-state index >= 15 is 0 Å². The fourth-order valence-corrected chi connectivity index (χ4v) is 3.83. The molecule has 8 heteroatoms. The summed E-state index contributed by atoms with van der Waals surface area (Å²) in [6, 6.07) is 4.18. The quantitative estimate of drug-likeness (QED) is 0.512. The lowest BCUT2D eigenvalue weighted by molar-refractivity contribution is 0.0378. The third kappa shape index (κ3) is 3.44. The van der Waals surface area contributed by atoms with Gasteiger partial charge >= 0.3 is 0 Å². The predicted molar refractivity (Wildman–Crippen MR) is 106 cm³/mol. The monoisotopic (exact) mass is 372 g/mol. The summed E-state index contributed by atoms with van der Waals surface area (Å²) in [7, 11) is 0. The van der Waals surface area contributed by atoms with Gasteiger partial charge in [-0.25, -0.2) is 9.97 Å². The first kappa shape index (κ1) is 17.4. The van der Waals surface area contributed by atoms with Crippen molar-refractivity contribution in [1.29, 1.82) is 0 Å². The van der Waals surface area contributed by atoms with Crippen LogP contribution in [0, 0.1) is 4.77 Å². The van der Waals surface area contributed by atoms with E-state index in [0.717, 1.165) is 84.9 Å². The number of aryl methyl sites for hydroxylation is 1. The van der Waals surface area contributed by atoms with Gasteiger partial charge in [-0.3, -0.25) is 4.90 Å². The summed E-state index contributed by atoms with van der Waals surface area (Å²) in [4.78, 5) is 14.6. The minimum Gasteiger partial charge on any atom is -0.379 e. The standard InChI is InChI=1S/C18H24N6OS/c1-2-24-16-11-14-13(10-15(16)22-18(24)26)17(21-12-20-14)19-4-3-5-23-6-8-25-9-7-23/h10-12H,2-9H2,1H3,(H,22,26)(H,19,20,21). The Morgan fingerprint density at radius 1 is 1.27 bits per heavy atom. The van der Waals surface area contributed by atoms with E-state index in [0.29, 0.717) is 0 Å². The lowest BCUT2D eigenvalue weighted by atomic mass is 10.2. The number of rotatable bonds is 6.